The van der Waals surface area contributed by atoms with E-state index in [9.17, 15) is 9.59 Å². The van der Waals surface area contributed by atoms with Gasteiger partial charge in [0, 0.05) is 0 Å². The van der Waals surface area contributed by atoms with Gasteiger partial charge in [0.1, 0.15) is 11.6 Å². The van der Waals surface area contributed by atoms with Crippen LogP contribution in [-0.4, -0.2) is 23.8 Å². The van der Waals surface area contributed by atoms with Gasteiger partial charge in [-0.2, -0.15) is 0 Å². The summed E-state index contributed by atoms with van der Waals surface area (Å²) >= 11 is 0. The van der Waals surface area contributed by atoms with Crippen LogP contribution in [0, 0.1) is 5.92 Å². The Morgan fingerprint density at radius 2 is 1.83 bits per heavy atom. The van der Waals surface area contributed by atoms with Crippen LogP contribution in [0.4, 0.5) is 4.79 Å². The van der Waals surface area contributed by atoms with Crippen LogP contribution >= 0.6 is 0 Å². The topological polar surface area (TPSA) is 78.6 Å². The summed E-state index contributed by atoms with van der Waals surface area (Å²) in [5, 5.41) is 0. The molecule has 1 atom stereocenters. The molecule has 0 radical (unpaired) electrons. The first-order valence-corrected chi connectivity index (χ1v) is 6.38. The normalized spacial score (nSPS) is 13.3. The Kier molecular flexibility index (Phi) is 6.91. The molecule has 5 heteroatoms. The molecule has 0 aliphatic carbocycles. The van der Waals surface area contributed by atoms with Gasteiger partial charge >= 0.3 is 12.1 Å². The highest BCUT2D eigenvalue weighted by Crippen LogP contribution is 2.17. The molecule has 0 rings (SSSR count). The Balaban J connectivity index is 4.20. The lowest BCUT2D eigenvalue weighted by Gasteiger charge is -2.23. The number of carbonyl (C=O) groups is 2. The molecule has 0 aliphatic heterocycles. The van der Waals surface area contributed by atoms with Crippen molar-refractivity contribution in [3.63, 3.8) is 0 Å². The van der Waals surface area contributed by atoms with E-state index in [4.69, 9.17) is 10.5 Å². The predicted molar refractivity (Wildman–Crippen MR) is 69.0 cm³/mol. The number of esters is 1. The van der Waals surface area contributed by atoms with Crippen LogP contribution < -0.4 is 5.73 Å². The first kappa shape index (κ1) is 16.9. The minimum Gasteiger partial charge on any atom is -0.428 e. The molecule has 0 heterocycles. The van der Waals surface area contributed by atoms with Crippen molar-refractivity contribution in [1.29, 1.82) is 0 Å². The number of carbonyl (C=O) groups excluding carboxylic acids is 2. The summed E-state index contributed by atoms with van der Waals surface area (Å²) in [5.41, 5.74) is 4.98. The van der Waals surface area contributed by atoms with Gasteiger partial charge in [-0.25, -0.2) is 9.59 Å². The van der Waals surface area contributed by atoms with E-state index < -0.39 is 23.8 Å². The standard InChI is InChI=1S/C13H25NO4/c1-6-7-13(4,5)18-12(16)17-11(15)10(14)8-9(2)3/h9-10H,6-8,14H2,1-5H3/t10-/m0/s1. The third-order valence-electron chi connectivity index (χ3n) is 2.42. The van der Waals surface area contributed by atoms with Gasteiger partial charge in [-0.3, -0.25) is 0 Å². The van der Waals surface area contributed by atoms with E-state index in [1.807, 2.05) is 20.8 Å². The second-order valence-electron chi connectivity index (χ2n) is 5.52. The van der Waals surface area contributed by atoms with Gasteiger partial charge < -0.3 is 15.2 Å². The second-order valence-corrected chi connectivity index (χ2v) is 5.52. The van der Waals surface area contributed by atoms with Gasteiger partial charge in [-0.05, 0) is 32.6 Å². The molecular weight excluding hydrogens is 234 g/mol. The van der Waals surface area contributed by atoms with Crippen LogP contribution in [0.1, 0.15) is 53.9 Å². The molecule has 5 nitrogen and oxygen atoms in total. The molecule has 0 fully saturated rings. The van der Waals surface area contributed by atoms with E-state index in [2.05, 4.69) is 4.74 Å². The summed E-state index contributed by atoms with van der Waals surface area (Å²) in [6, 6.07) is -0.785. The molecule has 18 heavy (non-hydrogen) atoms. The first-order valence-electron chi connectivity index (χ1n) is 6.38. The molecular formula is C13H25NO4. The van der Waals surface area contributed by atoms with Gasteiger partial charge in [0.15, 0.2) is 0 Å². The van der Waals surface area contributed by atoms with E-state index in [1.165, 1.54) is 0 Å². The molecule has 0 aromatic carbocycles. The number of rotatable bonds is 6. The van der Waals surface area contributed by atoms with E-state index in [1.54, 1.807) is 13.8 Å². The quantitative estimate of drug-likeness (QED) is 0.586. The predicted octanol–water partition coefficient (Wildman–Crippen LogP) is 2.62. The van der Waals surface area contributed by atoms with E-state index in [0.717, 1.165) is 6.42 Å². The Morgan fingerprint density at radius 1 is 1.28 bits per heavy atom. The van der Waals surface area contributed by atoms with E-state index >= 15 is 0 Å². The zero-order chi connectivity index (χ0) is 14.3. The van der Waals surface area contributed by atoms with Gasteiger partial charge in [0.25, 0.3) is 0 Å². The molecule has 2 N–H and O–H groups in total. The summed E-state index contributed by atoms with van der Waals surface area (Å²) in [6.45, 7) is 9.42. The summed E-state index contributed by atoms with van der Waals surface area (Å²) in [7, 11) is 0. The third kappa shape index (κ3) is 7.27. The number of hydrogen-bond acceptors (Lipinski definition) is 5. The van der Waals surface area contributed by atoms with Crippen molar-refractivity contribution >= 4 is 12.1 Å². The number of hydrogen-bond donors (Lipinski definition) is 1. The zero-order valence-electron chi connectivity index (χ0n) is 12.0. The van der Waals surface area contributed by atoms with Crippen molar-refractivity contribution < 1.29 is 19.1 Å². The largest absolute Gasteiger partial charge is 0.516 e. The van der Waals surface area contributed by atoms with Crippen molar-refractivity contribution in [3.05, 3.63) is 0 Å². The summed E-state index contributed by atoms with van der Waals surface area (Å²) in [4.78, 5) is 22.9. The molecule has 0 aliphatic rings. The van der Waals surface area contributed by atoms with Gasteiger partial charge in [0.05, 0.1) is 0 Å². The Hall–Kier alpha value is -1.10. The van der Waals surface area contributed by atoms with Crippen LogP contribution in [0.3, 0.4) is 0 Å². The minimum atomic E-state index is -0.974. The third-order valence-corrected chi connectivity index (χ3v) is 2.42. The highest BCUT2D eigenvalue weighted by atomic mass is 16.7. The van der Waals surface area contributed by atoms with E-state index in [-0.39, 0.29) is 5.92 Å². The lowest BCUT2D eigenvalue weighted by atomic mass is 10.0. The maximum absolute atomic E-state index is 11.5. The zero-order valence-corrected chi connectivity index (χ0v) is 12.0. The molecule has 0 aromatic rings. The Bertz CT molecular complexity index is 287. The van der Waals surface area contributed by atoms with E-state index in [0.29, 0.717) is 12.8 Å². The smallest absolute Gasteiger partial charge is 0.428 e. The van der Waals surface area contributed by atoms with Crippen molar-refractivity contribution in [2.24, 2.45) is 11.7 Å². The molecule has 0 aromatic heterocycles. The lowest BCUT2D eigenvalue weighted by molar-refractivity contribution is -0.143. The van der Waals surface area contributed by atoms with Crippen molar-refractivity contribution in [2.45, 2.75) is 65.5 Å². The fourth-order valence-corrected chi connectivity index (χ4v) is 1.66. The SMILES string of the molecule is CCCC(C)(C)OC(=O)OC(=O)[C@@H](N)CC(C)C. The highest BCUT2D eigenvalue weighted by molar-refractivity contribution is 5.85. The minimum absolute atomic E-state index is 0.264. The van der Waals surface area contributed by atoms with Crippen LogP contribution in [-0.2, 0) is 14.3 Å². The molecule has 0 amide bonds. The molecule has 0 unspecified atom stereocenters. The molecule has 0 saturated carbocycles. The maximum atomic E-state index is 11.5. The second kappa shape index (κ2) is 7.36. The summed E-state index contributed by atoms with van der Waals surface area (Å²) in [5.74, 6) is -0.471. The van der Waals surface area contributed by atoms with Gasteiger partial charge in [-0.15, -0.1) is 0 Å². The van der Waals surface area contributed by atoms with Crippen LogP contribution in [0.25, 0.3) is 0 Å². The Labute approximate surface area is 109 Å². The van der Waals surface area contributed by atoms with Crippen LogP contribution in [0.5, 0.6) is 0 Å². The van der Waals surface area contributed by atoms with Crippen LogP contribution in [0.15, 0.2) is 0 Å². The highest BCUT2D eigenvalue weighted by Gasteiger charge is 2.26. The average Bonchev–Trinajstić information content (AvgIpc) is 2.14. The molecule has 106 valence electrons. The fourth-order valence-electron chi connectivity index (χ4n) is 1.66. The monoisotopic (exact) mass is 259 g/mol. The lowest BCUT2D eigenvalue weighted by Crippen LogP contribution is -2.37. The van der Waals surface area contributed by atoms with Crippen molar-refractivity contribution in [3.8, 4) is 0 Å². The summed E-state index contributed by atoms with van der Waals surface area (Å²) in [6.07, 6.45) is 1.08. The summed E-state index contributed by atoms with van der Waals surface area (Å²) < 4.78 is 9.64. The number of nitrogens with two attached hydrogens (primary N) is 1. The van der Waals surface area contributed by atoms with Gasteiger partial charge in [-0.1, -0.05) is 27.2 Å². The van der Waals surface area contributed by atoms with Gasteiger partial charge in [0.2, 0.25) is 0 Å². The van der Waals surface area contributed by atoms with Crippen LogP contribution in [0.2, 0.25) is 0 Å². The van der Waals surface area contributed by atoms with Crippen molar-refractivity contribution in [1.82, 2.24) is 0 Å². The first-order chi connectivity index (χ1) is 8.18. The fraction of sp³-hybridized carbons (Fsp3) is 0.846. The molecule has 0 saturated heterocycles. The number of ether oxygens (including phenoxy) is 2. The Morgan fingerprint density at radius 3 is 2.28 bits per heavy atom. The van der Waals surface area contributed by atoms with Crippen molar-refractivity contribution in [2.75, 3.05) is 0 Å². The average molecular weight is 259 g/mol. The molecule has 0 bridgehead atoms. The maximum Gasteiger partial charge on any atom is 0.516 e. The molecule has 0 spiro atoms.